The molecular weight excluding hydrogens is 362 g/mol. The van der Waals surface area contributed by atoms with Gasteiger partial charge in [-0.3, -0.25) is 4.79 Å². The number of amides is 1. The van der Waals surface area contributed by atoms with E-state index in [4.69, 9.17) is 4.74 Å². The second kappa shape index (κ2) is 7.03. The van der Waals surface area contributed by atoms with E-state index in [2.05, 4.69) is 24.3 Å². The number of likely N-dealkylation sites (tertiary alicyclic amines) is 1. The summed E-state index contributed by atoms with van der Waals surface area (Å²) in [6.45, 7) is 1.17. The number of hydrogen-bond donors (Lipinski definition) is 0. The number of nitrogens with zero attached hydrogens (tertiary/aromatic N) is 1. The summed E-state index contributed by atoms with van der Waals surface area (Å²) in [5.41, 5.74) is 2.08. The summed E-state index contributed by atoms with van der Waals surface area (Å²) >= 11 is 0. The van der Waals surface area contributed by atoms with Crippen LogP contribution in [0.4, 0.5) is 0 Å². The topological polar surface area (TPSA) is 46.6 Å². The van der Waals surface area contributed by atoms with E-state index in [1.54, 1.807) is 0 Å². The zero-order valence-corrected chi connectivity index (χ0v) is 16.3. The van der Waals surface area contributed by atoms with Crippen LogP contribution in [0.3, 0.4) is 0 Å². The van der Waals surface area contributed by atoms with Gasteiger partial charge in [0.1, 0.15) is 0 Å². The molecule has 2 aliphatic heterocycles. The first kappa shape index (κ1) is 17.9. The maximum Gasteiger partial charge on any atom is 0.339 e. The maximum absolute atomic E-state index is 13.0. The molecule has 3 aromatic carbocycles. The summed E-state index contributed by atoms with van der Waals surface area (Å²) in [6, 6.07) is 22.1. The Labute approximate surface area is 170 Å². The zero-order valence-electron chi connectivity index (χ0n) is 16.3. The van der Waals surface area contributed by atoms with Gasteiger partial charge in [-0.05, 0) is 41.7 Å². The Kier molecular flexibility index (Phi) is 4.35. The molecule has 2 aliphatic rings. The van der Waals surface area contributed by atoms with Gasteiger partial charge >= 0.3 is 5.97 Å². The van der Waals surface area contributed by atoms with Crippen LogP contribution in [-0.4, -0.2) is 29.9 Å². The van der Waals surface area contributed by atoms with Crippen LogP contribution in [0.5, 0.6) is 0 Å². The third kappa shape index (κ3) is 3.09. The van der Waals surface area contributed by atoms with Crippen molar-refractivity contribution in [2.75, 3.05) is 13.1 Å². The highest BCUT2D eigenvalue weighted by molar-refractivity contribution is 5.95. The number of hydrogen-bond acceptors (Lipinski definition) is 3. The molecule has 2 heterocycles. The molecule has 5 rings (SSSR count). The smallest absolute Gasteiger partial charge is 0.339 e. The van der Waals surface area contributed by atoms with Crippen LogP contribution in [0.15, 0.2) is 66.7 Å². The molecule has 29 heavy (non-hydrogen) atoms. The number of ether oxygens (including phenoxy) is 1. The van der Waals surface area contributed by atoms with Crippen LogP contribution < -0.4 is 0 Å². The Morgan fingerprint density at radius 1 is 1.00 bits per heavy atom. The average Bonchev–Trinajstić information content (AvgIpc) is 3.03. The second-order valence-corrected chi connectivity index (χ2v) is 7.99. The van der Waals surface area contributed by atoms with Gasteiger partial charge in [0.15, 0.2) is 5.60 Å². The summed E-state index contributed by atoms with van der Waals surface area (Å²) in [4.78, 5) is 27.2. The number of carbonyl (C=O) groups excluding carboxylic acids is 2. The predicted molar refractivity (Wildman–Crippen MR) is 112 cm³/mol. The molecule has 0 bridgehead atoms. The normalized spacial score (nSPS) is 20.7. The van der Waals surface area contributed by atoms with E-state index < -0.39 is 5.60 Å². The summed E-state index contributed by atoms with van der Waals surface area (Å²) in [6.07, 6.45) is 2.77. The molecular formula is C25H23NO3. The van der Waals surface area contributed by atoms with E-state index in [0.29, 0.717) is 24.9 Å². The molecule has 4 nitrogen and oxygen atoms in total. The van der Waals surface area contributed by atoms with Gasteiger partial charge in [-0.15, -0.1) is 0 Å². The fraction of sp³-hybridized carbons (Fsp3) is 0.280. The summed E-state index contributed by atoms with van der Waals surface area (Å²) in [7, 11) is 0. The third-order valence-corrected chi connectivity index (χ3v) is 6.22. The summed E-state index contributed by atoms with van der Waals surface area (Å²) in [5, 5.41) is 2.40. The molecule has 0 saturated carbocycles. The van der Waals surface area contributed by atoms with E-state index in [-0.39, 0.29) is 11.9 Å². The Morgan fingerprint density at radius 2 is 1.79 bits per heavy atom. The molecule has 3 aromatic rings. The second-order valence-electron chi connectivity index (χ2n) is 7.99. The number of carbonyl (C=O) groups is 2. The summed E-state index contributed by atoms with van der Waals surface area (Å²) < 4.78 is 5.83. The van der Waals surface area contributed by atoms with Crippen molar-refractivity contribution in [3.05, 3.63) is 83.4 Å². The van der Waals surface area contributed by atoms with Gasteiger partial charge in [-0.1, -0.05) is 60.7 Å². The molecule has 4 heteroatoms. The lowest BCUT2D eigenvalue weighted by Crippen LogP contribution is -2.48. The molecule has 1 spiro atoms. The molecule has 0 N–H and O–H groups in total. The van der Waals surface area contributed by atoms with E-state index in [1.807, 2.05) is 47.4 Å². The van der Waals surface area contributed by atoms with Crippen LogP contribution in [0.2, 0.25) is 0 Å². The van der Waals surface area contributed by atoms with Gasteiger partial charge < -0.3 is 9.64 Å². The number of piperidine rings is 1. The standard InChI is InChI=1S/C25H23NO3/c27-23(14-13-19-9-5-8-18-7-1-2-10-20(18)19)26-16-6-15-25(17-26)22-12-4-3-11-21(22)24(28)29-25/h1-5,7-12H,6,13-17H2. The highest BCUT2D eigenvalue weighted by atomic mass is 16.6. The number of esters is 1. The summed E-state index contributed by atoms with van der Waals surface area (Å²) in [5.74, 6) is -0.150. The lowest BCUT2D eigenvalue weighted by molar-refractivity contribution is -0.138. The molecule has 146 valence electrons. The minimum absolute atomic E-state index is 0.123. The predicted octanol–water partition coefficient (Wildman–Crippen LogP) is 4.46. The molecule has 0 aromatic heterocycles. The van der Waals surface area contributed by atoms with E-state index in [9.17, 15) is 9.59 Å². The first-order chi connectivity index (χ1) is 14.2. The van der Waals surface area contributed by atoms with Crippen molar-refractivity contribution in [3.8, 4) is 0 Å². The number of rotatable bonds is 3. The number of benzene rings is 3. The maximum atomic E-state index is 13.0. The minimum atomic E-state index is -0.680. The number of aryl methyl sites for hydroxylation is 1. The van der Waals surface area contributed by atoms with Crippen molar-refractivity contribution >= 4 is 22.6 Å². The highest BCUT2D eigenvalue weighted by Crippen LogP contribution is 2.42. The van der Waals surface area contributed by atoms with Gasteiger partial charge in [0, 0.05) is 18.5 Å². The van der Waals surface area contributed by atoms with Crippen molar-refractivity contribution in [1.29, 1.82) is 0 Å². The van der Waals surface area contributed by atoms with Gasteiger partial charge in [-0.2, -0.15) is 0 Å². The van der Waals surface area contributed by atoms with Gasteiger partial charge in [0.2, 0.25) is 5.91 Å². The van der Waals surface area contributed by atoms with Gasteiger partial charge in [-0.25, -0.2) is 4.79 Å². The lowest BCUT2D eigenvalue weighted by atomic mass is 9.85. The Hall–Kier alpha value is -3.14. The minimum Gasteiger partial charge on any atom is -0.449 e. The Bertz CT molecular complexity index is 1100. The average molecular weight is 385 g/mol. The molecule has 0 radical (unpaired) electrons. The Morgan fingerprint density at radius 3 is 2.72 bits per heavy atom. The zero-order chi connectivity index (χ0) is 19.8. The van der Waals surface area contributed by atoms with Crippen molar-refractivity contribution in [2.45, 2.75) is 31.3 Å². The van der Waals surface area contributed by atoms with Crippen molar-refractivity contribution in [2.24, 2.45) is 0 Å². The van der Waals surface area contributed by atoms with Crippen molar-refractivity contribution < 1.29 is 14.3 Å². The third-order valence-electron chi connectivity index (χ3n) is 6.22. The van der Waals surface area contributed by atoms with E-state index >= 15 is 0 Å². The molecule has 1 unspecified atom stereocenters. The quantitative estimate of drug-likeness (QED) is 0.626. The SMILES string of the molecule is O=C1OC2(CCCN(C(=O)CCc3cccc4ccccc34)C2)c2ccccc21. The largest absolute Gasteiger partial charge is 0.449 e. The van der Waals surface area contributed by atoms with Crippen LogP contribution in [-0.2, 0) is 21.6 Å². The van der Waals surface area contributed by atoms with Crippen LogP contribution >= 0.6 is 0 Å². The van der Waals surface area contributed by atoms with Gasteiger partial charge in [0.05, 0.1) is 12.1 Å². The lowest BCUT2D eigenvalue weighted by Gasteiger charge is -2.39. The molecule has 1 amide bonds. The van der Waals surface area contributed by atoms with E-state index in [0.717, 1.165) is 24.9 Å². The highest BCUT2D eigenvalue weighted by Gasteiger charge is 2.48. The molecule has 1 fully saturated rings. The Balaban J connectivity index is 1.33. The van der Waals surface area contributed by atoms with Crippen LogP contribution in [0.25, 0.3) is 10.8 Å². The first-order valence-corrected chi connectivity index (χ1v) is 10.2. The van der Waals surface area contributed by atoms with E-state index in [1.165, 1.54) is 16.3 Å². The molecule has 1 atom stereocenters. The fourth-order valence-electron chi connectivity index (χ4n) is 4.79. The number of fused-ring (bicyclic) bond motifs is 3. The molecule has 0 aliphatic carbocycles. The first-order valence-electron chi connectivity index (χ1n) is 10.2. The molecule has 1 saturated heterocycles. The van der Waals surface area contributed by atoms with Crippen LogP contribution in [0, 0.1) is 0 Å². The van der Waals surface area contributed by atoms with Crippen molar-refractivity contribution in [1.82, 2.24) is 4.90 Å². The van der Waals surface area contributed by atoms with Gasteiger partial charge in [0.25, 0.3) is 0 Å². The fourth-order valence-corrected chi connectivity index (χ4v) is 4.79. The monoisotopic (exact) mass is 385 g/mol. The van der Waals surface area contributed by atoms with Crippen molar-refractivity contribution in [3.63, 3.8) is 0 Å². The van der Waals surface area contributed by atoms with Crippen LogP contribution in [0.1, 0.15) is 40.7 Å².